The molecule has 0 spiro atoms. The summed E-state index contributed by atoms with van der Waals surface area (Å²) in [5.74, 6) is 0. The molecule has 0 amide bonds. The van der Waals surface area contributed by atoms with Crippen molar-refractivity contribution in [2.75, 3.05) is 13.2 Å². The first-order valence-corrected chi connectivity index (χ1v) is 4.14. The highest BCUT2D eigenvalue weighted by molar-refractivity contribution is 4.73. The second-order valence-corrected chi connectivity index (χ2v) is 3.18. The van der Waals surface area contributed by atoms with E-state index < -0.39 is 0 Å². The van der Waals surface area contributed by atoms with E-state index in [0.29, 0.717) is 12.1 Å². The number of rotatable bonds is 3. The van der Waals surface area contributed by atoms with Crippen LogP contribution in [0.25, 0.3) is 0 Å². The molecule has 1 saturated heterocycles. The molecule has 1 atom stereocenters. The third kappa shape index (κ3) is 2.67. The zero-order chi connectivity index (χ0) is 7.40. The van der Waals surface area contributed by atoms with Crippen LogP contribution in [0.4, 0.5) is 0 Å². The van der Waals surface area contributed by atoms with Crippen LogP contribution in [0.3, 0.4) is 0 Å². The van der Waals surface area contributed by atoms with Crippen LogP contribution in [-0.4, -0.2) is 25.3 Å². The Bertz CT molecular complexity index is 92.1. The van der Waals surface area contributed by atoms with Gasteiger partial charge in [0.15, 0.2) is 0 Å². The zero-order valence-corrected chi connectivity index (χ0v) is 6.89. The molecule has 10 heavy (non-hydrogen) atoms. The summed E-state index contributed by atoms with van der Waals surface area (Å²) in [6.07, 6.45) is 2.97. The third-order valence-corrected chi connectivity index (χ3v) is 1.79. The van der Waals surface area contributed by atoms with Crippen molar-refractivity contribution in [1.29, 1.82) is 0 Å². The van der Waals surface area contributed by atoms with Gasteiger partial charge in [-0.15, -0.1) is 0 Å². The first-order valence-electron chi connectivity index (χ1n) is 4.14. The highest BCUT2D eigenvalue weighted by atomic mass is 16.5. The predicted octanol–water partition coefficient (Wildman–Crippen LogP) is 1.41. The predicted molar refractivity (Wildman–Crippen MR) is 44.2 cm³/mol. The lowest BCUT2D eigenvalue weighted by Gasteiger charge is -2.12. The minimum atomic E-state index is 0. The fourth-order valence-corrected chi connectivity index (χ4v) is 1.21. The summed E-state index contributed by atoms with van der Waals surface area (Å²) in [6.45, 7) is 6.22. The van der Waals surface area contributed by atoms with Gasteiger partial charge < -0.3 is 10.1 Å². The van der Waals surface area contributed by atoms with Gasteiger partial charge in [-0.05, 0) is 33.2 Å². The third-order valence-electron chi connectivity index (χ3n) is 1.79. The molecule has 1 heterocycles. The molecule has 62 valence electrons. The molecule has 1 aliphatic heterocycles. The molecule has 0 aromatic carbocycles. The normalized spacial score (nSPS) is 26.1. The molecular weight excluding hydrogens is 126 g/mol. The molecule has 0 saturated carbocycles. The van der Waals surface area contributed by atoms with Gasteiger partial charge in [0.1, 0.15) is 0 Å². The van der Waals surface area contributed by atoms with Crippen molar-refractivity contribution in [3.8, 4) is 0 Å². The Hall–Kier alpha value is -0.0800. The smallest absolute Gasteiger partial charge is 0.0623 e. The van der Waals surface area contributed by atoms with Gasteiger partial charge in [0, 0.05) is 7.47 Å². The van der Waals surface area contributed by atoms with E-state index in [1.165, 1.54) is 19.4 Å². The van der Waals surface area contributed by atoms with Gasteiger partial charge >= 0.3 is 0 Å². The fraction of sp³-hybridized carbons (Fsp3) is 1.00. The van der Waals surface area contributed by atoms with Crippen LogP contribution in [0, 0.1) is 0 Å². The molecule has 1 fully saturated rings. The highest BCUT2D eigenvalue weighted by Crippen LogP contribution is 2.05. The van der Waals surface area contributed by atoms with Crippen molar-refractivity contribution < 1.29 is 6.16 Å². The molecule has 2 nitrogen and oxygen atoms in total. The van der Waals surface area contributed by atoms with Crippen molar-refractivity contribution in [3.05, 3.63) is 0 Å². The van der Waals surface area contributed by atoms with E-state index in [1.807, 2.05) is 0 Å². The minimum Gasteiger partial charge on any atom is -0.377 e. The summed E-state index contributed by atoms with van der Waals surface area (Å²) in [5.41, 5.74) is 0. The minimum absolute atomic E-state index is 0. The average Bonchev–Trinajstić information content (AvgIpc) is 2.34. The van der Waals surface area contributed by atoms with Crippen molar-refractivity contribution in [2.24, 2.45) is 0 Å². The number of hydrogen-bond acceptors (Lipinski definition) is 2. The van der Waals surface area contributed by atoms with Crippen LogP contribution in [0.1, 0.15) is 28.1 Å². The molecular formula is C8H19NO. The lowest BCUT2D eigenvalue weighted by atomic mass is 10.2. The van der Waals surface area contributed by atoms with Gasteiger partial charge in [0.05, 0.1) is 12.7 Å². The lowest BCUT2D eigenvalue weighted by Crippen LogP contribution is -2.28. The first-order chi connectivity index (χ1) is 4.79. The van der Waals surface area contributed by atoms with E-state index in [0.717, 1.165) is 6.61 Å². The summed E-state index contributed by atoms with van der Waals surface area (Å²) in [4.78, 5) is 0. The Labute approximate surface area is 64.4 Å². The Balaban J connectivity index is 0.000001000. The molecule has 1 rings (SSSR count). The fourth-order valence-electron chi connectivity index (χ4n) is 1.21. The molecule has 1 N–H and O–H groups in total. The average molecular weight is 145 g/mol. The maximum atomic E-state index is 5.46. The largest absolute Gasteiger partial charge is 0.377 e. The molecule has 0 aromatic heterocycles. The molecule has 0 aromatic rings. The number of hydrogen-bond donors (Lipinski definition) is 1. The van der Waals surface area contributed by atoms with Crippen molar-refractivity contribution in [1.82, 2.24) is 5.32 Å². The van der Waals surface area contributed by atoms with Gasteiger partial charge in [-0.2, -0.15) is 0 Å². The molecule has 0 bridgehead atoms. The summed E-state index contributed by atoms with van der Waals surface area (Å²) < 4.78 is 5.46. The van der Waals surface area contributed by atoms with E-state index in [4.69, 9.17) is 4.74 Å². The Morgan fingerprint density at radius 1 is 1.70 bits per heavy atom. The first kappa shape index (κ1) is 8.02. The maximum Gasteiger partial charge on any atom is 0.0623 e. The Kier molecular flexibility index (Phi) is 3.16. The topological polar surface area (TPSA) is 21.3 Å². The van der Waals surface area contributed by atoms with Crippen molar-refractivity contribution in [2.45, 2.75) is 38.8 Å². The van der Waals surface area contributed by atoms with Gasteiger partial charge in [0.2, 0.25) is 0 Å². The second-order valence-electron chi connectivity index (χ2n) is 3.18. The van der Waals surface area contributed by atoms with Gasteiger partial charge in [-0.25, -0.2) is 0 Å². The van der Waals surface area contributed by atoms with Crippen LogP contribution in [0.2, 0.25) is 0 Å². The second kappa shape index (κ2) is 3.94. The molecule has 0 aliphatic carbocycles. The van der Waals surface area contributed by atoms with Crippen molar-refractivity contribution >= 4 is 0 Å². The summed E-state index contributed by atoms with van der Waals surface area (Å²) >= 11 is 0. The summed E-state index contributed by atoms with van der Waals surface area (Å²) in [5, 5.41) is 3.39. The Morgan fingerprint density at radius 3 is 3.00 bits per heavy atom. The van der Waals surface area contributed by atoms with E-state index >= 15 is 0 Å². The molecule has 1 aliphatic rings. The van der Waals surface area contributed by atoms with Crippen LogP contribution < -0.4 is 5.32 Å². The standard InChI is InChI=1S/C8H17NO.H2/c1-7(2)10-6-8-4-3-5-9-8;/h7-9H,3-6H2,1-2H3;1H. The number of ether oxygens (including phenoxy) is 1. The highest BCUT2D eigenvalue weighted by Gasteiger charge is 2.13. The quantitative estimate of drug-likeness (QED) is 0.648. The van der Waals surface area contributed by atoms with Gasteiger partial charge in [-0.3, -0.25) is 0 Å². The number of nitrogens with one attached hydrogen (secondary N) is 1. The van der Waals surface area contributed by atoms with E-state index in [1.54, 1.807) is 0 Å². The van der Waals surface area contributed by atoms with Crippen LogP contribution in [-0.2, 0) is 4.74 Å². The van der Waals surface area contributed by atoms with Crippen molar-refractivity contribution in [3.63, 3.8) is 0 Å². The summed E-state index contributed by atoms with van der Waals surface area (Å²) in [6, 6.07) is 0.627. The molecule has 2 heteroatoms. The van der Waals surface area contributed by atoms with E-state index in [9.17, 15) is 0 Å². The zero-order valence-electron chi connectivity index (χ0n) is 6.89. The van der Waals surface area contributed by atoms with Crippen LogP contribution >= 0.6 is 0 Å². The monoisotopic (exact) mass is 145 g/mol. The summed E-state index contributed by atoms with van der Waals surface area (Å²) in [7, 11) is 0. The Morgan fingerprint density at radius 2 is 2.50 bits per heavy atom. The van der Waals surface area contributed by atoms with Gasteiger partial charge in [-0.1, -0.05) is 0 Å². The van der Waals surface area contributed by atoms with E-state index in [2.05, 4.69) is 19.2 Å². The lowest BCUT2D eigenvalue weighted by molar-refractivity contribution is 0.0649. The molecule has 1 unspecified atom stereocenters. The van der Waals surface area contributed by atoms with Crippen LogP contribution in [0.5, 0.6) is 0 Å². The van der Waals surface area contributed by atoms with Crippen LogP contribution in [0.15, 0.2) is 0 Å². The maximum absolute atomic E-state index is 5.46. The van der Waals surface area contributed by atoms with Gasteiger partial charge in [0.25, 0.3) is 0 Å². The SMILES string of the molecule is CC(C)OCC1CCCN1.[HH]. The molecule has 0 radical (unpaired) electrons. The van der Waals surface area contributed by atoms with E-state index in [-0.39, 0.29) is 1.43 Å².